The smallest absolute Gasteiger partial charge is 0.314 e. The molecule has 0 spiro atoms. The summed E-state index contributed by atoms with van der Waals surface area (Å²) < 4.78 is 12.2. The van der Waals surface area contributed by atoms with Crippen LogP contribution in [0, 0.1) is 22.0 Å². The molecule has 2 N–H and O–H groups in total. The van der Waals surface area contributed by atoms with E-state index in [1.54, 1.807) is 23.6 Å². The minimum atomic E-state index is -0.848. The summed E-state index contributed by atoms with van der Waals surface area (Å²) in [5.41, 5.74) is 0.584. The molecule has 3 heterocycles. The Morgan fingerprint density at radius 3 is 2.69 bits per heavy atom. The molecule has 196 valence electrons. The highest BCUT2D eigenvalue weighted by molar-refractivity contribution is 7.10. The Bertz CT molecular complexity index is 1110. The van der Waals surface area contributed by atoms with Gasteiger partial charge in [-0.1, -0.05) is 24.9 Å². The predicted molar refractivity (Wildman–Crippen MR) is 139 cm³/mol. The number of carbonyl (C=O) groups is 1. The van der Waals surface area contributed by atoms with Gasteiger partial charge in [0.2, 0.25) is 11.7 Å². The van der Waals surface area contributed by atoms with E-state index in [-0.39, 0.29) is 34.3 Å². The molecular formula is C25H33ClN4O5S. The third-order valence-corrected chi connectivity index (χ3v) is 8.33. The molecule has 4 rings (SSSR count). The van der Waals surface area contributed by atoms with E-state index >= 15 is 0 Å². The van der Waals surface area contributed by atoms with Crippen LogP contribution >= 0.6 is 22.9 Å². The van der Waals surface area contributed by atoms with Gasteiger partial charge in [-0.15, -0.1) is 11.3 Å². The molecule has 2 aromatic rings. The summed E-state index contributed by atoms with van der Waals surface area (Å²) in [6.45, 7) is 8.08. The number of nitro groups is 1. The lowest BCUT2D eigenvalue weighted by atomic mass is 9.92. The molecule has 2 aliphatic rings. The Morgan fingerprint density at radius 2 is 2.06 bits per heavy atom. The predicted octanol–water partition coefficient (Wildman–Crippen LogP) is 4.97. The highest BCUT2D eigenvalue weighted by Crippen LogP contribution is 2.43. The number of hydrogen-bond acceptors (Lipinski definition) is 8. The average molecular weight is 537 g/mol. The summed E-state index contributed by atoms with van der Waals surface area (Å²) in [6, 6.07) is 3.23. The molecule has 1 amide bonds. The van der Waals surface area contributed by atoms with Crippen molar-refractivity contribution in [2.45, 2.75) is 77.4 Å². The lowest BCUT2D eigenvalue weighted by molar-refractivity contribution is -0.385. The van der Waals surface area contributed by atoms with Gasteiger partial charge < -0.3 is 20.1 Å². The molecule has 1 saturated heterocycles. The molecule has 5 atom stereocenters. The number of anilines is 1. The van der Waals surface area contributed by atoms with Crippen molar-refractivity contribution in [3.8, 4) is 0 Å². The van der Waals surface area contributed by atoms with Crippen molar-refractivity contribution in [1.82, 2.24) is 10.3 Å². The summed E-state index contributed by atoms with van der Waals surface area (Å²) in [5.74, 6) is -0.988. The molecule has 36 heavy (non-hydrogen) atoms. The molecule has 1 aliphatic carbocycles. The van der Waals surface area contributed by atoms with Crippen molar-refractivity contribution in [3.63, 3.8) is 0 Å². The maximum atomic E-state index is 12.7. The maximum absolute atomic E-state index is 12.7. The van der Waals surface area contributed by atoms with Gasteiger partial charge in [0.25, 0.3) is 0 Å². The van der Waals surface area contributed by atoms with Crippen molar-refractivity contribution < 1.29 is 19.2 Å². The van der Waals surface area contributed by atoms with E-state index in [0.29, 0.717) is 24.9 Å². The number of ether oxygens (including phenoxy) is 2. The normalized spacial score (nSPS) is 25.4. The zero-order valence-corrected chi connectivity index (χ0v) is 22.5. The van der Waals surface area contributed by atoms with Crippen molar-refractivity contribution in [1.29, 1.82) is 0 Å². The third kappa shape index (κ3) is 5.66. The van der Waals surface area contributed by atoms with E-state index in [1.807, 2.05) is 32.2 Å². The van der Waals surface area contributed by atoms with Gasteiger partial charge in [0, 0.05) is 23.2 Å². The quantitative estimate of drug-likeness (QED) is 0.325. The molecule has 0 aromatic carbocycles. The minimum Gasteiger partial charge on any atom is -0.359 e. The van der Waals surface area contributed by atoms with Crippen LogP contribution in [0.5, 0.6) is 0 Å². The molecule has 9 nitrogen and oxygen atoms in total. The number of pyridine rings is 1. The minimum absolute atomic E-state index is 0.0376. The topological polar surface area (TPSA) is 116 Å². The number of halogens is 1. The van der Waals surface area contributed by atoms with Crippen LogP contribution in [0.1, 0.15) is 51.0 Å². The van der Waals surface area contributed by atoms with Crippen LogP contribution in [0.2, 0.25) is 5.02 Å². The number of fused-ring (bicyclic) bond motifs is 1. The lowest BCUT2D eigenvalue weighted by Crippen LogP contribution is -2.37. The van der Waals surface area contributed by atoms with Gasteiger partial charge in [-0.3, -0.25) is 14.9 Å². The zero-order valence-electron chi connectivity index (χ0n) is 21.0. The van der Waals surface area contributed by atoms with E-state index in [0.717, 1.165) is 22.7 Å². The Morgan fingerprint density at radius 1 is 1.31 bits per heavy atom. The number of amides is 1. The lowest BCUT2D eigenvalue weighted by Gasteiger charge is -2.24. The third-order valence-electron chi connectivity index (χ3n) is 6.92. The molecule has 0 radical (unpaired) electrons. The Labute approximate surface area is 220 Å². The second kappa shape index (κ2) is 11.0. The Balaban J connectivity index is 1.58. The van der Waals surface area contributed by atoms with Crippen LogP contribution < -0.4 is 10.6 Å². The molecule has 3 unspecified atom stereocenters. The number of rotatable bonds is 10. The molecule has 2 aromatic heterocycles. The van der Waals surface area contributed by atoms with E-state index in [2.05, 4.69) is 22.5 Å². The summed E-state index contributed by atoms with van der Waals surface area (Å²) >= 11 is 7.90. The van der Waals surface area contributed by atoms with Crippen LogP contribution in [0.25, 0.3) is 0 Å². The van der Waals surface area contributed by atoms with Crippen molar-refractivity contribution in [3.05, 3.63) is 49.3 Å². The van der Waals surface area contributed by atoms with Gasteiger partial charge in [-0.2, -0.15) is 0 Å². The average Bonchev–Trinajstić information content (AvgIpc) is 3.46. The molecule has 0 bridgehead atoms. The first-order chi connectivity index (χ1) is 17.1. The van der Waals surface area contributed by atoms with Gasteiger partial charge in [-0.05, 0) is 63.5 Å². The van der Waals surface area contributed by atoms with E-state index < -0.39 is 23.9 Å². The Hall–Kier alpha value is -2.27. The maximum Gasteiger partial charge on any atom is 0.314 e. The largest absolute Gasteiger partial charge is 0.359 e. The van der Waals surface area contributed by atoms with Crippen LogP contribution in [-0.2, 0) is 27.1 Å². The fraction of sp³-hybridized carbons (Fsp3) is 0.600. The molecule has 1 saturated carbocycles. The van der Waals surface area contributed by atoms with Gasteiger partial charge in [0.05, 0.1) is 21.9 Å². The molecule has 1 aliphatic heterocycles. The van der Waals surface area contributed by atoms with Gasteiger partial charge in [0.15, 0.2) is 5.79 Å². The van der Waals surface area contributed by atoms with Crippen molar-refractivity contribution >= 4 is 40.4 Å². The number of carbonyl (C=O) groups excluding carboxylic acids is 1. The van der Waals surface area contributed by atoms with Crippen LogP contribution in [-0.4, -0.2) is 46.4 Å². The fourth-order valence-corrected chi connectivity index (χ4v) is 6.46. The van der Waals surface area contributed by atoms with E-state index in [1.165, 1.54) is 0 Å². The monoisotopic (exact) mass is 536 g/mol. The van der Waals surface area contributed by atoms with E-state index in [4.69, 9.17) is 21.1 Å². The number of thiophene rings is 1. The number of nitrogens with zero attached hydrogens (tertiary/aromatic N) is 2. The summed E-state index contributed by atoms with van der Waals surface area (Å²) in [5, 5.41) is 21.1. The molecule has 11 heteroatoms. The van der Waals surface area contributed by atoms with Gasteiger partial charge >= 0.3 is 5.69 Å². The highest BCUT2D eigenvalue weighted by Gasteiger charge is 2.56. The number of aromatic nitrogens is 1. The molecular weight excluding hydrogens is 504 g/mol. The fourth-order valence-electron chi connectivity index (χ4n) is 5.23. The second-order valence-corrected chi connectivity index (χ2v) is 11.3. The highest BCUT2D eigenvalue weighted by atomic mass is 35.5. The van der Waals surface area contributed by atoms with Crippen LogP contribution in [0.4, 0.5) is 11.5 Å². The molecule has 2 fully saturated rings. The van der Waals surface area contributed by atoms with E-state index in [9.17, 15) is 14.9 Å². The van der Waals surface area contributed by atoms with Crippen molar-refractivity contribution in [2.24, 2.45) is 11.8 Å². The first-order valence-electron chi connectivity index (χ1n) is 12.4. The zero-order chi connectivity index (χ0) is 26.0. The number of hydrogen-bond donors (Lipinski definition) is 2. The summed E-state index contributed by atoms with van der Waals surface area (Å²) in [6.07, 6.45) is 3.30. The van der Waals surface area contributed by atoms with Gasteiger partial charge in [-0.25, -0.2) is 4.98 Å². The number of nitrogens with one attached hydrogen (secondary N) is 2. The SMILES string of the molecule is CCNC(=O)[C@H]1CC(Nc2nccc(C[C@H](CC)Cc3sccc3Cl)c2[N+](=O)[O-])C2OC(C)(C)OC21. The summed E-state index contributed by atoms with van der Waals surface area (Å²) in [4.78, 5) is 30.0. The first-order valence-corrected chi connectivity index (χ1v) is 13.6. The standard InChI is InChI=1S/C25H33ClN4O5S/c1-5-14(12-19-17(26)8-10-36-19)11-15-7-9-28-23(20(15)30(32)33)29-18-13-16(24(31)27-6-2)21-22(18)35-25(3,4)34-21/h7-10,14,16,18,21-22H,5-6,11-13H2,1-4H3,(H,27,31)(H,28,29)/t14-,16-,18?,21?,22?/m0/s1. The van der Waals surface area contributed by atoms with Crippen LogP contribution in [0.3, 0.4) is 0 Å². The Kier molecular flexibility index (Phi) is 8.18. The summed E-state index contributed by atoms with van der Waals surface area (Å²) in [7, 11) is 0. The first kappa shape index (κ1) is 26.8. The van der Waals surface area contributed by atoms with Crippen molar-refractivity contribution in [2.75, 3.05) is 11.9 Å². The second-order valence-electron chi connectivity index (χ2n) is 9.85. The van der Waals surface area contributed by atoms with Crippen LogP contribution in [0.15, 0.2) is 23.7 Å². The van der Waals surface area contributed by atoms with Gasteiger partial charge in [0.1, 0.15) is 12.2 Å².